The van der Waals surface area contributed by atoms with E-state index in [2.05, 4.69) is 0 Å². The third-order valence-corrected chi connectivity index (χ3v) is 4.71. The molecule has 1 aliphatic rings. The third kappa shape index (κ3) is 3.19. The molecular weight excluding hydrogens is 314 g/mol. The second kappa shape index (κ2) is 6.22. The van der Waals surface area contributed by atoms with Crippen LogP contribution in [-0.4, -0.2) is 17.6 Å². The van der Waals surface area contributed by atoms with Gasteiger partial charge in [0.05, 0.1) is 12.0 Å². The van der Waals surface area contributed by atoms with E-state index in [0.717, 1.165) is 12.0 Å². The van der Waals surface area contributed by atoms with Gasteiger partial charge in [0.2, 0.25) is 5.91 Å². The number of benzene rings is 2. The van der Waals surface area contributed by atoms with Gasteiger partial charge in [0.15, 0.2) is 0 Å². The maximum Gasteiger partial charge on any atom is 0.226 e. The highest BCUT2D eigenvalue weighted by atomic mass is 35.5. The molecule has 3 N–H and O–H groups in total. The zero-order chi connectivity index (χ0) is 16.4. The zero-order valence-electron chi connectivity index (χ0n) is 12.6. The van der Waals surface area contributed by atoms with Crippen LogP contribution in [0.3, 0.4) is 0 Å². The highest BCUT2D eigenvalue weighted by Crippen LogP contribution is 2.37. The van der Waals surface area contributed by atoms with Crippen molar-refractivity contribution in [1.82, 2.24) is 0 Å². The molecular formula is C18H18ClNO3. The highest BCUT2D eigenvalue weighted by Gasteiger charge is 2.39. The first-order chi connectivity index (χ1) is 11.0. The van der Waals surface area contributed by atoms with Crippen LogP contribution < -0.4 is 10.5 Å². The minimum absolute atomic E-state index is 0.232. The zero-order valence-corrected chi connectivity index (χ0v) is 13.3. The Balaban J connectivity index is 1.85. The molecule has 1 atom stereocenters. The molecule has 0 saturated heterocycles. The van der Waals surface area contributed by atoms with Crippen LogP contribution in [0.5, 0.6) is 11.5 Å². The number of carbonyl (C=O) groups is 1. The second-order valence-electron chi connectivity index (χ2n) is 5.97. The molecule has 1 unspecified atom stereocenters. The Morgan fingerprint density at radius 2 is 1.87 bits per heavy atom. The Morgan fingerprint density at radius 1 is 1.17 bits per heavy atom. The van der Waals surface area contributed by atoms with Crippen molar-refractivity contribution in [1.29, 1.82) is 0 Å². The lowest BCUT2D eigenvalue weighted by molar-refractivity contribution is -0.130. The van der Waals surface area contributed by atoms with Crippen molar-refractivity contribution in [3.8, 4) is 11.5 Å². The van der Waals surface area contributed by atoms with Crippen molar-refractivity contribution in [2.45, 2.75) is 19.3 Å². The predicted octanol–water partition coefficient (Wildman–Crippen LogP) is 3.09. The van der Waals surface area contributed by atoms with Gasteiger partial charge in [-0.05, 0) is 66.8 Å². The maximum atomic E-state index is 11.7. The average molecular weight is 332 g/mol. The van der Waals surface area contributed by atoms with Gasteiger partial charge >= 0.3 is 0 Å². The van der Waals surface area contributed by atoms with E-state index in [0.29, 0.717) is 29.4 Å². The molecule has 120 valence electrons. The van der Waals surface area contributed by atoms with E-state index in [-0.39, 0.29) is 6.61 Å². The summed E-state index contributed by atoms with van der Waals surface area (Å²) in [7, 11) is 0. The molecule has 0 aromatic heterocycles. The number of hydrogen-bond donors (Lipinski definition) is 2. The minimum atomic E-state index is -0.869. The maximum absolute atomic E-state index is 11.7. The fraction of sp³-hybridized carbons (Fsp3) is 0.278. The number of aliphatic hydroxyl groups is 1. The summed E-state index contributed by atoms with van der Waals surface area (Å²) in [5.74, 6) is 0.924. The lowest BCUT2D eigenvalue weighted by Gasteiger charge is -2.33. The highest BCUT2D eigenvalue weighted by molar-refractivity contribution is 6.30. The molecule has 0 saturated carbocycles. The summed E-state index contributed by atoms with van der Waals surface area (Å²) < 4.78 is 5.82. The standard InChI is InChI=1S/C18H18ClNO3/c19-14-2-5-15(6-3-14)23-16-4-1-12-7-8-18(11-21,17(20)22)10-13(12)9-16/h1-6,9,21H,7-8,10-11H2,(H2,20,22). The van der Waals surface area contributed by atoms with Crippen molar-refractivity contribution in [2.24, 2.45) is 11.1 Å². The normalized spacial score (nSPS) is 19.9. The SMILES string of the molecule is NC(=O)C1(CO)CCc2ccc(Oc3ccc(Cl)cc3)cc2C1. The summed E-state index contributed by atoms with van der Waals surface area (Å²) in [5, 5.41) is 10.3. The van der Waals surface area contributed by atoms with Gasteiger partial charge in [-0.25, -0.2) is 0 Å². The lowest BCUT2D eigenvalue weighted by Crippen LogP contribution is -2.44. The van der Waals surface area contributed by atoms with Gasteiger partial charge in [-0.3, -0.25) is 4.79 Å². The number of fused-ring (bicyclic) bond motifs is 1. The van der Waals surface area contributed by atoms with E-state index in [1.165, 1.54) is 5.56 Å². The number of halogens is 1. The predicted molar refractivity (Wildman–Crippen MR) is 88.7 cm³/mol. The van der Waals surface area contributed by atoms with Crippen LogP contribution >= 0.6 is 11.6 Å². The lowest BCUT2D eigenvalue weighted by atomic mass is 9.71. The fourth-order valence-electron chi connectivity index (χ4n) is 2.96. The molecule has 4 nitrogen and oxygen atoms in total. The van der Waals surface area contributed by atoms with Crippen LogP contribution in [0.25, 0.3) is 0 Å². The third-order valence-electron chi connectivity index (χ3n) is 4.45. The Labute approximate surface area is 139 Å². The van der Waals surface area contributed by atoms with Gasteiger partial charge < -0.3 is 15.6 Å². The van der Waals surface area contributed by atoms with E-state index >= 15 is 0 Å². The topological polar surface area (TPSA) is 72.6 Å². The van der Waals surface area contributed by atoms with E-state index < -0.39 is 11.3 Å². The van der Waals surface area contributed by atoms with Gasteiger partial charge in [0.1, 0.15) is 11.5 Å². The first-order valence-corrected chi connectivity index (χ1v) is 7.86. The summed E-state index contributed by atoms with van der Waals surface area (Å²) >= 11 is 5.86. The van der Waals surface area contributed by atoms with Crippen molar-refractivity contribution in [3.63, 3.8) is 0 Å². The molecule has 0 fully saturated rings. The number of carbonyl (C=O) groups excluding carboxylic acids is 1. The van der Waals surface area contributed by atoms with E-state index in [4.69, 9.17) is 22.1 Å². The number of aliphatic hydroxyl groups excluding tert-OH is 1. The average Bonchev–Trinajstić information content (AvgIpc) is 2.56. The monoisotopic (exact) mass is 331 g/mol. The molecule has 0 bridgehead atoms. The van der Waals surface area contributed by atoms with Gasteiger partial charge in [0.25, 0.3) is 0 Å². The molecule has 1 aliphatic carbocycles. The van der Waals surface area contributed by atoms with Crippen molar-refractivity contribution in [3.05, 3.63) is 58.6 Å². The number of hydrogen-bond acceptors (Lipinski definition) is 3. The van der Waals surface area contributed by atoms with E-state index in [1.807, 2.05) is 18.2 Å². The quantitative estimate of drug-likeness (QED) is 0.904. The fourth-order valence-corrected chi connectivity index (χ4v) is 3.09. The molecule has 23 heavy (non-hydrogen) atoms. The molecule has 0 radical (unpaired) electrons. The number of nitrogens with two attached hydrogens (primary N) is 1. The molecule has 0 spiro atoms. The summed E-state index contributed by atoms with van der Waals surface area (Å²) in [6.45, 7) is -0.232. The second-order valence-corrected chi connectivity index (χ2v) is 6.40. The molecule has 0 heterocycles. The van der Waals surface area contributed by atoms with Gasteiger partial charge in [-0.1, -0.05) is 17.7 Å². The summed E-state index contributed by atoms with van der Waals surface area (Å²) in [5.41, 5.74) is 6.80. The van der Waals surface area contributed by atoms with Crippen LogP contribution in [0.1, 0.15) is 17.5 Å². The summed E-state index contributed by atoms with van der Waals surface area (Å²) in [4.78, 5) is 11.7. The molecule has 2 aromatic rings. The summed E-state index contributed by atoms with van der Waals surface area (Å²) in [6, 6.07) is 12.9. The Kier molecular flexibility index (Phi) is 4.28. The number of ether oxygens (including phenoxy) is 1. The molecule has 1 amide bonds. The van der Waals surface area contributed by atoms with Crippen LogP contribution in [0.15, 0.2) is 42.5 Å². The number of primary amides is 1. The first kappa shape index (κ1) is 15.8. The minimum Gasteiger partial charge on any atom is -0.457 e. The van der Waals surface area contributed by atoms with Crippen molar-refractivity contribution in [2.75, 3.05) is 6.61 Å². The molecule has 2 aromatic carbocycles. The van der Waals surface area contributed by atoms with Crippen LogP contribution in [0.4, 0.5) is 0 Å². The molecule has 3 rings (SSSR count). The van der Waals surface area contributed by atoms with Crippen LogP contribution in [0.2, 0.25) is 5.02 Å². The molecule has 0 aliphatic heterocycles. The number of rotatable bonds is 4. The van der Waals surface area contributed by atoms with Gasteiger partial charge in [-0.2, -0.15) is 0 Å². The Bertz CT molecular complexity index is 730. The van der Waals surface area contributed by atoms with Gasteiger partial charge in [-0.15, -0.1) is 0 Å². The van der Waals surface area contributed by atoms with Crippen molar-refractivity contribution < 1.29 is 14.6 Å². The van der Waals surface area contributed by atoms with E-state index in [9.17, 15) is 9.90 Å². The Morgan fingerprint density at radius 3 is 2.52 bits per heavy atom. The van der Waals surface area contributed by atoms with Gasteiger partial charge in [0, 0.05) is 5.02 Å². The summed E-state index contributed by atoms with van der Waals surface area (Å²) in [6.07, 6.45) is 1.73. The molecule has 5 heteroatoms. The number of amides is 1. The Hall–Kier alpha value is -2.04. The first-order valence-electron chi connectivity index (χ1n) is 7.48. The van der Waals surface area contributed by atoms with E-state index in [1.54, 1.807) is 24.3 Å². The smallest absolute Gasteiger partial charge is 0.226 e. The number of aryl methyl sites for hydroxylation is 1. The largest absolute Gasteiger partial charge is 0.457 e. The van der Waals surface area contributed by atoms with Crippen molar-refractivity contribution >= 4 is 17.5 Å². The van der Waals surface area contributed by atoms with Crippen LogP contribution in [0, 0.1) is 5.41 Å². The van der Waals surface area contributed by atoms with Crippen LogP contribution in [-0.2, 0) is 17.6 Å².